The van der Waals surface area contributed by atoms with Crippen LogP contribution in [0, 0.1) is 5.92 Å². The third-order valence-electron chi connectivity index (χ3n) is 3.73. The van der Waals surface area contributed by atoms with Crippen molar-refractivity contribution in [2.45, 2.75) is 57.8 Å². The first-order valence-electron chi connectivity index (χ1n) is 8.62. The Morgan fingerprint density at radius 1 is 0.857 bits per heavy atom. The van der Waals surface area contributed by atoms with Crippen molar-refractivity contribution in [3.05, 3.63) is 0 Å². The van der Waals surface area contributed by atoms with Gasteiger partial charge in [0.05, 0.1) is 12.1 Å². The summed E-state index contributed by atoms with van der Waals surface area (Å²) in [5.41, 5.74) is 5.57. The van der Waals surface area contributed by atoms with Crippen LogP contribution in [0.5, 0.6) is 0 Å². The summed E-state index contributed by atoms with van der Waals surface area (Å²) in [6.45, 7) is 3.83. The number of hydrogen-bond donors (Lipinski definition) is 7. The Bertz CT molecular complexity index is 593. The predicted octanol–water partition coefficient (Wildman–Crippen LogP) is -2.61. The van der Waals surface area contributed by atoms with Gasteiger partial charge in [0.2, 0.25) is 17.7 Å². The summed E-state index contributed by atoms with van der Waals surface area (Å²) in [7, 11) is 0. The van der Waals surface area contributed by atoms with Crippen LogP contribution in [0.2, 0.25) is 0 Å². The van der Waals surface area contributed by atoms with Gasteiger partial charge in [-0.25, -0.2) is 0 Å². The van der Waals surface area contributed by atoms with Gasteiger partial charge in [0.1, 0.15) is 18.6 Å². The summed E-state index contributed by atoms with van der Waals surface area (Å²) in [6, 6.07) is -3.76. The molecule has 0 aliphatic heterocycles. The van der Waals surface area contributed by atoms with Gasteiger partial charge in [-0.05, 0) is 19.3 Å². The lowest BCUT2D eigenvalue weighted by atomic mass is 10.0. The zero-order valence-electron chi connectivity index (χ0n) is 16.0. The Kier molecular flexibility index (Phi) is 10.7. The van der Waals surface area contributed by atoms with Crippen LogP contribution in [0.25, 0.3) is 0 Å². The van der Waals surface area contributed by atoms with E-state index in [9.17, 15) is 29.1 Å². The number of carboxylic acids is 2. The Hall–Kier alpha value is -2.73. The molecule has 12 nitrogen and oxygen atoms in total. The minimum absolute atomic E-state index is 0.165. The van der Waals surface area contributed by atoms with Crippen LogP contribution in [0.4, 0.5) is 0 Å². The topological polar surface area (TPSA) is 208 Å². The first-order chi connectivity index (χ1) is 12.9. The standard InChI is InChI=1S/C16H28N4O8/c1-7(2)12(15(27)18-6-11(24)25)19-16(28)13(8(3)21)20-14(26)9(17)4-5-10(22)23/h7-9,12-13,21H,4-6,17H2,1-3H3,(H,18,27)(H,19,28)(H,20,26)(H,22,23)(H,24,25). The van der Waals surface area contributed by atoms with Crippen molar-refractivity contribution in [2.24, 2.45) is 11.7 Å². The van der Waals surface area contributed by atoms with Crippen LogP contribution in [0.15, 0.2) is 0 Å². The van der Waals surface area contributed by atoms with E-state index < -0.39 is 66.4 Å². The fraction of sp³-hybridized carbons (Fsp3) is 0.688. The molecule has 0 aliphatic rings. The fourth-order valence-electron chi connectivity index (χ4n) is 2.13. The molecule has 4 unspecified atom stereocenters. The van der Waals surface area contributed by atoms with Crippen LogP contribution in [-0.4, -0.2) is 75.8 Å². The Morgan fingerprint density at radius 2 is 1.39 bits per heavy atom. The number of hydrogen-bond acceptors (Lipinski definition) is 7. The first kappa shape index (κ1) is 25.3. The van der Waals surface area contributed by atoms with Crippen molar-refractivity contribution in [3.8, 4) is 0 Å². The maximum absolute atomic E-state index is 12.4. The number of nitrogens with one attached hydrogen (secondary N) is 3. The molecule has 8 N–H and O–H groups in total. The minimum Gasteiger partial charge on any atom is -0.481 e. The van der Waals surface area contributed by atoms with Gasteiger partial charge in [-0.1, -0.05) is 13.8 Å². The molecule has 0 heterocycles. The van der Waals surface area contributed by atoms with Gasteiger partial charge in [0, 0.05) is 6.42 Å². The largest absolute Gasteiger partial charge is 0.481 e. The van der Waals surface area contributed by atoms with Crippen molar-refractivity contribution in [3.63, 3.8) is 0 Å². The molecule has 0 bridgehead atoms. The second kappa shape index (κ2) is 11.9. The van der Waals surface area contributed by atoms with E-state index in [-0.39, 0.29) is 12.8 Å². The van der Waals surface area contributed by atoms with Crippen LogP contribution in [0.3, 0.4) is 0 Å². The highest BCUT2D eigenvalue weighted by Crippen LogP contribution is 2.05. The number of aliphatic carboxylic acids is 2. The highest BCUT2D eigenvalue weighted by Gasteiger charge is 2.32. The highest BCUT2D eigenvalue weighted by atomic mass is 16.4. The average molecular weight is 404 g/mol. The van der Waals surface area contributed by atoms with Gasteiger partial charge in [-0.3, -0.25) is 24.0 Å². The number of aliphatic hydroxyl groups is 1. The van der Waals surface area contributed by atoms with E-state index in [0.29, 0.717) is 0 Å². The van der Waals surface area contributed by atoms with E-state index >= 15 is 0 Å². The Balaban J connectivity index is 5.06. The molecule has 28 heavy (non-hydrogen) atoms. The number of carbonyl (C=O) groups excluding carboxylic acids is 3. The van der Waals surface area contributed by atoms with E-state index in [2.05, 4.69) is 16.0 Å². The lowest BCUT2D eigenvalue weighted by Gasteiger charge is -2.27. The van der Waals surface area contributed by atoms with E-state index in [1.54, 1.807) is 13.8 Å². The molecule has 160 valence electrons. The molecule has 0 aliphatic carbocycles. The van der Waals surface area contributed by atoms with Crippen LogP contribution < -0.4 is 21.7 Å². The number of carbonyl (C=O) groups is 5. The van der Waals surface area contributed by atoms with Crippen LogP contribution in [0.1, 0.15) is 33.6 Å². The molecule has 4 atom stereocenters. The van der Waals surface area contributed by atoms with Crippen molar-refractivity contribution in [1.29, 1.82) is 0 Å². The SMILES string of the molecule is CC(C)C(NC(=O)C(NC(=O)C(N)CCC(=O)O)C(C)O)C(=O)NCC(=O)O. The lowest BCUT2D eigenvalue weighted by molar-refractivity contribution is -0.139. The minimum atomic E-state index is -1.45. The smallest absolute Gasteiger partial charge is 0.322 e. The molecule has 0 spiro atoms. The van der Waals surface area contributed by atoms with E-state index in [4.69, 9.17) is 15.9 Å². The third-order valence-corrected chi connectivity index (χ3v) is 3.73. The van der Waals surface area contributed by atoms with Gasteiger partial charge in [-0.15, -0.1) is 0 Å². The lowest BCUT2D eigenvalue weighted by Crippen LogP contribution is -2.60. The van der Waals surface area contributed by atoms with Crippen molar-refractivity contribution >= 4 is 29.7 Å². The second-order valence-corrected chi connectivity index (χ2v) is 6.61. The highest BCUT2D eigenvalue weighted by molar-refractivity contribution is 5.94. The monoisotopic (exact) mass is 404 g/mol. The van der Waals surface area contributed by atoms with Gasteiger partial charge in [0.15, 0.2) is 0 Å². The summed E-state index contributed by atoms with van der Waals surface area (Å²) >= 11 is 0. The van der Waals surface area contributed by atoms with Crippen molar-refractivity contribution < 1.29 is 39.3 Å². The summed E-state index contributed by atoms with van der Waals surface area (Å²) in [5, 5.41) is 33.8. The fourth-order valence-corrected chi connectivity index (χ4v) is 2.13. The normalized spacial score (nSPS) is 15.1. The molecule has 0 aromatic carbocycles. The molecule has 0 saturated carbocycles. The summed E-state index contributed by atoms with van der Waals surface area (Å²) in [4.78, 5) is 57.7. The number of nitrogens with two attached hydrogens (primary N) is 1. The van der Waals surface area contributed by atoms with Gasteiger partial charge >= 0.3 is 11.9 Å². The van der Waals surface area contributed by atoms with Gasteiger partial charge in [-0.2, -0.15) is 0 Å². The van der Waals surface area contributed by atoms with Crippen molar-refractivity contribution in [2.75, 3.05) is 6.54 Å². The van der Waals surface area contributed by atoms with Crippen molar-refractivity contribution in [1.82, 2.24) is 16.0 Å². The maximum atomic E-state index is 12.4. The Labute approximate surface area is 161 Å². The van der Waals surface area contributed by atoms with E-state index in [1.165, 1.54) is 6.92 Å². The molecule has 0 fully saturated rings. The molecule has 0 aromatic rings. The average Bonchev–Trinajstić information content (AvgIpc) is 2.58. The van der Waals surface area contributed by atoms with E-state index in [0.717, 1.165) is 0 Å². The van der Waals surface area contributed by atoms with Crippen LogP contribution >= 0.6 is 0 Å². The number of aliphatic hydroxyl groups excluding tert-OH is 1. The zero-order valence-corrected chi connectivity index (χ0v) is 16.0. The third kappa shape index (κ3) is 9.28. The van der Waals surface area contributed by atoms with E-state index in [1.807, 2.05) is 0 Å². The number of amides is 3. The maximum Gasteiger partial charge on any atom is 0.322 e. The molecule has 0 saturated heterocycles. The predicted molar refractivity (Wildman–Crippen MR) is 95.9 cm³/mol. The van der Waals surface area contributed by atoms with Crippen LogP contribution in [-0.2, 0) is 24.0 Å². The number of carboxylic acid groups (broad SMARTS) is 2. The molecular formula is C16H28N4O8. The summed E-state index contributed by atoms with van der Waals surface area (Å²) < 4.78 is 0. The molecule has 3 amide bonds. The zero-order chi connectivity index (χ0) is 22.0. The molecule has 12 heteroatoms. The second-order valence-electron chi connectivity index (χ2n) is 6.61. The van der Waals surface area contributed by atoms with Gasteiger partial charge in [0.25, 0.3) is 0 Å². The summed E-state index contributed by atoms with van der Waals surface area (Å²) in [6.07, 6.45) is -1.86. The molecular weight excluding hydrogens is 376 g/mol. The quantitative estimate of drug-likeness (QED) is 0.181. The number of rotatable bonds is 12. The summed E-state index contributed by atoms with van der Waals surface area (Å²) in [5.74, 6) is -5.26. The van der Waals surface area contributed by atoms with Gasteiger partial charge < -0.3 is 37.0 Å². The molecule has 0 aromatic heterocycles. The molecule has 0 radical (unpaired) electrons. The first-order valence-corrected chi connectivity index (χ1v) is 8.62. The molecule has 0 rings (SSSR count). The Morgan fingerprint density at radius 3 is 1.82 bits per heavy atom.